The summed E-state index contributed by atoms with van der Waals surface area (Å²) in [4.78, 5) is 116. The number of nitrogens with one attached hydrogen (secondary N) is 6. The Kier molecular flexibility index (Phi) is 25.4. The van der Waals surface area contributed by atoms with Crippen LogP contribution in [0.4, 0.5) is 4.79 Å². The van der Waals surface area contributed by atoms with Crippen molar-refractivity contribution in [3.8, 4) is 11.5 Å². The molecule has 0 saturated carbocycles. The van der Waals surface area contributed by atoms with Gasteiger partial charge in [-0.15, -0.1) is 0 Å². The van der Waals surface area contributed by atoms with Crippen LogP contribution in [-0.4, -0.2) is 249 Å². The Morgan fingerprint density at radius 1 is 0.872 bits per heavy atom. The van der Waals surface area contributed by atoms with Crippen LogP contribution in [0.3, 0.4) is 0 Å². The number of carbonyl (C=O) groups excluding carboxylic acids is 8. The van der Waals surface area contributed by atoms with E-state index in [1.54, 1.807) is 7.05 Å². The number of aliphatic hydroxyl groups is 6. The molecular weight excluding hydrogens is 1070 g/mol. The van der Waals surface area contributed by atoms with E-state index >= 15 is 0 Å². The van der Waals surface area contributed by atoms with Crippen molar-refractivity contribution in [1.82, 2.24) is 46.6 Å². The molecular formula is C46H72N9NaO21S. The monoisotopic (exact) mass is 1140 g/mol. The third-order valence-corrected chi connectivity index (χ3v) is 13.1. The number of phenols is 1. The number of benzene rings is 1. The molecule has 3 aliphatic rings. The SMILES string of the molecule is COCCN(C)CCNC(=O)C[C@@H](O)[C@@H]1NC(=O)[C@H]([C@H](O)Cc2ccc(O)c(OS(=O)(=O)[O-])c2)NC(=O)[C@@H]2C[C@@H](O)CN2C(=O)C([C@@H](C)O)NC(=O)[C@H](NC(=O)OC(C)(C)C)C[C@@H](O)CNC(=O)[C@@H]2[C@@H](O)[C@@H](C)CN2C1=O.[Na+]. The Bertz CT molecular complexity index is 2400. The number of likely N-dealkylation sites (N-methyl/N-ethyl adjacent to an activating group) is 1. The zero-order valence-electron chi connectivity index (χ0n) is 44.6. The van der Waals surface area contributed by atoms with Crippen LogP contribution in [0, 0.1) is 5.92 Å². The van der Waals surface area contributed by atoms with Gasteiger partial charge in [0.1, 0.15) is 41.9 Å². The van der Waals surface area contributed by atoms with Crippen molar-refractivity contribution in [2.24, 2.45) is 5.92 Å². The first-order valence-electron chi connectivity index (χ1n) is 24.6. The van der Waals surface area contributed by atoms with E-state index in [0.717, 1.165) is 34.9 Å². The smallest absolute Gasteiger partial charge is 0.716 e. The van der Waals surface area contributed by atoms with E-state index in [2.05, 4.69) is 36.1 Å². The number of rotatable bonds is 16. The van der Waals surface area contributed by atoms with E-state index in [1.807, 2.05) is 4.90 Å². The standard InChI is InChI=1S/C46H73N9O21S.Na/c1-22-20-55-37(38(22)63)42(67)48-19-25(57)16-27(49-45(70)75-46(3,4)5)39(64)50-34(23(2)56)43(68)54-21-26(58)17-28(54)40(65)51-35(30(60)14-24-8-9-29(59)32(15-24)76-77(71,72)73)41(66)52-36(44(55)69)31(61)18-33(62)47-10-11-53(6)12-13-74-7;/h8-9,15,22-23,25-28,30-31,34-38,56-61,63H,10-14,16-21H2,1-7H3,(H,47,62)(H,48,67)(H,49,70)(H,50,64)(H,51,65)(H,52,66)(H,71,72,73);/q;+1/p-1/t22-,23+,25+,26+,27+,28-,30+,31+,34?,35-,36-,37-,38-;/m0./s1. The molecule has 0 aromatic heterocycles. The molecule has 8 amide bonds. The number of alkyl carbamates (subject to hydrolysis) is 1. The van der Waals surface area contributed by atoms with E-state index in [9.17, 15) is 87.1 Å². The normalized spacial score (nSPS) is 27.3. The summed E-state index contributed by atoms with van der Waals surface area (Å²) in [6.45, 7) is 6.48. The average Bonchev–Trinajstić information content (AvgIpc) is 3.86. The molecule has 1 aromatic carbocycles. The minimum atomic E-state index is -5.48. The number of nitrogens with zero attached hydrogens (tertiary/aromatic N) is 3. The molecule has 0 radical (unpaired) electrons. The molecule has 0 spiro atoms. The van der Waals surface area contributed by atoms with Gasteiger partial charge in [-0.2, -0.15) is 0 Å². The summed E-state index contributed by atoms with van der Waals surface area (Å²) in [5.74, 6) is -11.1. The van der Waals surface area contributed by atoms with Crippen LogP contribution in [0.1, 0.15) is 59.4 Å². The van der Waals surface area contributed by atoms with Gasteiger partial charge in [0.15, 0.2) is 11.5 Å². The second kappa shape index (κ2) is 29.4. The third-order valence-electron chi connectivity index (χ3n) is 12.7. The van der Waals surface area contributed by atoms with Crippen LogP contribution in [0.15, 0.2) is 18.2 Å². The molecule has 434 valence electrons. The number of hydrogen-bond donors (Lipinski definition) is 13. The van der Waals surface area contributed by atoms with E-state index < -0.39 is 199 Å². The minimum Gasteiger partial charge on any atom is -0.716 e. The molecule has 4 rings (SSSR count). The van der Waals surface area contributed by atoms with Gasteiger partial charge in [-0.3, -0.25) is 33.6 Å². The minimum absolute atomic E-state index is 0. The first-order chi connectivity index (χ1) is 35.8. The van der Waals surface area contributed by atoms with Crippen LogP contribution in [-0.2, 0) is 59.9 Å². The molecule has 0 bridgehead atoms. The van der Waals surface area contributed by atoms with Gasteiger partial charge in [-0.05, 0) is 52.4 Å². The molecule has 3 saturated heterocycles. The van der Waals surface area contributed by atoms with Crippen LogP contribution < -0.4 is 65.6 Å². The zero-order valence-corrected chi connectivity index (χ0v) is 47.4. The summed E-state index contributed by atoms with van der Waals surface area (Å²) >= 11 is 0. The van der Waals surface area contributed by atoms with Gasteiger partial charge in [0, 0.05) is 71.6 Å². The molecule has 3 fully saturated rings. The van der Waals surface area contributed by atoms with Crippen molar-refractivity contribution in [2.45, 2.75) is 139 Å². The van der Waals surface area contributed by atoms with Crippen molar-refractivity contribution in [1.29, 1.82) is 0 Å². The molecule has 3 heterocycles. The molecule has 3 aliphatic heterocycles. The van der Waals surface area contributed by atoms with Crippen LogP contribution in [0.25, 0.3) is 0 Å². The number of aliphatic hydroxyl groups excluding tert-OH is 6. The van der Waals surface area contributed by atoms with Crippen molar-refractivity contribution in [3.63, 3.8) is 0 Å². The topological polar surface area (TPSA) is 445 Å². The summed E-state index contributed by atoms with van der Waals surface area (Å²) in [6, 6.07) is -9.13. The molecule has 32 heteroatoms. The van der Waals surface area contributed by atoms with Gasteiger partial charge in [-0.25, -0.2) is 13.2 Å². The summed E-state index contributed by atoms with van der Waals surface area (Å²) < 4.78 is 48.9. The van der Waals surface area contributed by atoms with Gasteiger partial charge in [-0.1, -0.05) is 13.0 Å². The maximum absolute atomic E-state index is 14.8. The first-order valence-corrected chi connectivity index (χ1v) is 25.9. The van der Waals surface area contributed by atoms with Crippen molar-refractivity contribution in [2.75, 3.05) is 60.0 Å². The number of hydrogen-bond acceptors (Lipinski definition) is 22. The van der Waals surface area contributed by atoms with Crippen molar-refractivity contribution in [3.05, 3.63) is 23.8 Å². The number of methoxy groups -OCH3 is 1. The summed E-state index contributed by atoms with van der Waals surface area (Å²) in [5.41, 5.74) is -1.27. The number of carbonyl (C=O) groups is 8. The summed E-state index contributed by atoms with van der Waals surface area (Å²) in [6.07, 6.45) is -15.1. The zero-order chi connectivity index (χ0) is 57.9. The van der Waals surface area contributed by atoms with Gasteiger partial charge < -0.3 is 101 Å². The maximum Gasteiger partial charge on any atom is 1.00 e. The summed E-state index contributed by atoms with van der Waals surface area (Å²) in [7, 11) is -2.24. The average molecular weight is 1140 g/mol. The number of β-amino-alcohol motifs (C(OH)–C–C–N with tert-alkyl or cyclic N) is 1. The van der Waals surface area contributed by atoms with E-state index in [4.69, 9.17) is 9.47 Å². The number of amides is 8. The van der Waals surface area contributed by atoms with E-state index in [1.165, 1.54) is 34.8 Å². The Morgan fingerprint density at radius 3 is 2.12 bits per heavy atom. The van der Waals surface area contributed by atoms with Crippen molar-refractivity contribution >= 4 is 57.8 Å². The Labute approximate surface area is 472 Å². The number of phenolic OH excluding ortho intramolecular Hbond substituents is 1. The molecule has 1 aromatic rings. The maximum atomic E-state index is 14.8. The van der Waals surface area contributed by atoms with Gasteiger partial charge >= 0.3 is 35.7 Å². The Balaban J connectivity index is 0.0000160. The number of fused-ring (bicyclic) bond motifs is 2. The largest absolute Gasteiger partial charge is 1.00 e. The predicted octanol–water partition coefficient (Wildman–Crippen LogP) is -9.64. The molecule has 1 unspecified atom stereocenters. The second-order valence-electron chi connectivity index (χ2n) is 20.3. The Morgan fingerprint density at radius 2 is 1.50 bits per heavy atom. The third kappa shape index (κ3) is 19.7. The van der Waals surface area contributed by atoms with E-state index in [-0.39, 0.29) is 41.7 Å². The molecule has 30 nitrogen and oxygen atoms in total. The fourth-order valence-corrected chi connectivity index (χ4v) is 9.07. The predicted molar refractivity (Wildman–Crippen MR) is 262 cm³/mol. The fraction of sp³-hybridized carbons (Fsp3) is 0.696. The van der Waals surface area contributed by atoms with Crippen molar-refractivity contribution < 1.29 is 130 Å². The molecule has 13 atom stereocenters. The fourth-order valence-electron chi connectivity index (χ4n) is 8.71. The molecule has 13 N–H and O–H groups in total. The molecule has 0 aliphatic carbocycles. The first kappa shape index (κ1) is 67.2. The van der Waals surface area contributed by atoms with Crippen LogP contribution in [0.5, 0.6) is 11.5 Å². The Hall–Kier alpha value is -5.03. The quantitative estimate of drug-likeness (QED) is 0.0415. The van der Waals surface area contributed by atoms with E-state index in [0.29, 0.717) is 19.7 Å². The number of aromatic hydroxyl groups is 1. The number of ether oxygens (including phenoxy) is 2. The molecule has 78 heavy (non-hydrogen) atoms. The van der Waals surface area contributed by atoms with Crippen LogP contribution >= 0.6 is 0 Å². The second-order valence-corrected chi connectivity index (χ2v) is 21.3. The van der Waals surface area contributed by atoms with Crippen LogP contribution in [0.2, 0.25) is 0 Å². The van der Waals surface area contributed by atoms with Gasteiger partial charge in [0.2, 0.25) is 41.4 Å². The summed E-state index contributed by atoms with van der Waals surface area (Å²) in [5, 5.41) is 92.2. The van der Waals surface area contributed by atoms with Gasteiger partial charge in [0.25, 0.3) is 10.4 Å². The van der Waals surface area contributed by atoms with Gasteiger partial charge in [0.05, 0.1) is 49.7 Å².